The van der Waals surface area contributed by atoms with E-state index < -0.39 is 12.0 Å². The average Bonchev–Trinajstić information content (AvgIpc) is 2.93. The van der Waals surface area contributed by atoms with Crippen LogP contribution in [0.1, 0.15) is 23.9 Å². The van der Waals surface area contributed by atoms with Crippen molar-refractivity contribution in [1.82, 2.24) is 10.3 Å². The molecule has 0 fully saturated rings. The lowest BCUT2D eigenvalue weighted by atomic mass is 10.1. The predicted molar refractivity (Wildman–Crippen MR) is 85.7 cm³/mol. The van der Waals surface area contributed by atoms with Crippen LogP contribution in [0, 0.1) is 6.92 Å². The molecule has 1 aromatic heterocycles. The fourth-order valence-electron chi connectivity index (χ4n) is 2.04. The van der Waals surface area contributed by atoms with Gasteiger partial charge in [0.05, 0.1) is 10.7 Å². The normalized spacial score (nSPS) is 12.3. The second kappa shape index (κ2) is 7.33. The van der Waals surface area contributed by atoms with Crippen molar-refractivity contribution in [2.75, 3.05) is 6.54 Å². The van der Waals surface area contributed by atoms with Crippen LogP contribution in [0.4, 0.5) is 0 Å². The maximum absolute atomic E-state index is 10.9. The highest BCUT2D eigenvalue weighted by atomic mass is 32.1. The predicted octanol–water partition coefficient (Wildman–Crippen LogP) is 3.11. The Kier molecular flexibility index (Phi) is 5.47. The molecule has 0 saturated heterocycles. The Morgan fingerprint density at radius 2 is 2.10 bits per heavy atom. The molecule has 2 N–H and O–H groups in total. The third kappa shape index (κ3) is 4.37. The smallest absolute Gasteiger partial charge is 0.320 e. The highest BCUT2D eigenvalue weighted by molar-refractivity contribution is 7.09. The first-order valence-electron chi connectivity index (χ1n) is 7.07. The number of carboxylic acid groups (broad SMARTS) is 1. The number of aromatic nitrogens is 1. The Balaban J connectivity index is 1.91. The topological polar surface area (TPSA) is 62.2 Å². The summed E-state index contributed by atoms with van der Waals surface area (Å²) in [6.07, 6.45) is 1.34. The summed E-state index contributed by atoms with van der Waals surface area (Å²) >= 11 is 1.62. The maximum Gasteiger partial charge on any atom is 0.320 e. The molecule has 0 aliphatic carbocycles. The Bertz CT molecular complexity index is 593. The van der Waals surface area contributed by atoms with Crippen molar-refractivity contribution >= 4 is 17.3 Å². The van der Waals surface area contributed by atoms with Gasteiger partial charge in [-0.3, -0.25) is 4.79 Å². The van der Waals surface area contributed by atoms with Crippen LogP contribution >= 0.6 is 11.3 Å². The average molecular weight is 304 g/mol. The number of benzene rings is 1. The molecule has 2 aromatic rings. The molecule has 112 valence electrons. The van der Waals surface area contributed by atoms with Crippen LogP contribution in [0.15, 0.2) is 29.6 Å². The zero-order chi connectivity index (χ0) is 15.2. The summed E-state index contributed by atoms with van der Waals surface area (Å²) in [4.78, 5) is 15.5. The van der Waals surface area contributed by atoms with Gasteiger partial charge < -0.3 is 10.4 Å². The molecule has 0 aliphatic heterocycles. The first kappa shape index (κ1) is 15.7. The fraction of sp³-hybridized carbons (Fsp3) is 0.375. The van der Waals surface area contributed by atoms with Crippen molar-refractivity contribution in [2.45, 2.75) is 32.7 Å². The van der Waals surface area contributed by atoms with E-state index in [0.29, 0.717) is 13.0 Å². The molecular formula is C16H20N2O2S. The van der Waals surface area contributed by atoms with Crippen LogP contribution in [-0.4, -0.2) is 28.6 Å². The van der Waals surface area contributed by atoms with Gasteiger partial charge >= 0.3 is 5.97 Å². The van der Waals surface area contributed by atoms with Gasteiger partial charge in [0.15, 0.2) is 0 Å². The van der Waals surface area contributed by atoms with Crippen LogP contribution in [0.2, 0.25) is 0 Å². The summed E-state index contributed by atoms with van der Waals surface area (Å²) in [5.74, 6) is -0.794. The van der Waals surface area contributed by atoms with Crippen molar-refractivity contribution in [3.8, 4) is 11.3 Å². The molecule has 0 amide bonds. The van der Waals surface area contributed by atoms with Gasteiger partial charge in [0.1, 0.15) is 6.04 Å². The monoisotopic (exact) mass is 304 g/mol. The van der Waals surface area contributed by atoms with Crippen LogP contribution in [0.5, 0.6) is 0 Å². The molecule has 21 heavy (non-hydrogen) atoms. The molecule has 1 aromatic carbocycles. The number of rotatable bonds is 7. The van der Waals surface area contributed by atoms with E-state index in [1.807, 2.05) is 6.92 Å². The second-order valence-electron chi connectivity index (χ2n) is 5.00. The van der Waals surface area contributed by atoms with Gasteiger partial charge in [0.25, 0.3) is 0 Å². The lowest BCUT2D eigenvalue weighted by Crippen LogP contribution is -2.37. The number of hydrogen-bond donors (Lipinski definition) is 2. The third-order valence-electron chi connectivity index (χ3n) is 3.34. The van der Waals surface area contributed by atoms with E-state index in [0.717, 1.165) is 22.7 Å². The summed E-state index contributed by atoms with van der Waals surface area (Å²) in [5, 5.41) is 15.1. The Labute approximate surface area is 128 Å². The number of hydrogen-bond acceptors (Lipinski definition) is 4. The molecule has 5 heteroatoms. The zero-order valence-corrected chi connectivity index (χ0v) is 13.1. The fourth-order valence-corrected chi connectivity index (χ4v) is 2.85. The van der Waals surface area contributed by atoms with Gasteiger partial charge in [-0.25, -0.2) is 4.98 Å². The lowest BCUT2D eigenvalue weighted by molar-refractivity contribution is -0.139. The molecule has 0 aliphatic rings. The van der Waals surface area contributed by atoms with Gasteiger partial charge in [-0.2, -0.15) is 0 Å². The van der Waals surface area contributed by atoms with E-state index in [2.05, 4.69) is 46.9 Å². The van der Waals surface area contributed by atoms with E-state index in [9.17, 15) is 4.79 Å². The molecule has 0 bridgehead atoms. The van der Waals surface area contributed by atoms with Crippen molar-refractivity contribution in [3.63, 3.8) is 0 Å². The highest BCUT2D eigenvalue weighted by Gasteiger charge is 2.13. The summed E-state index contributed by atoms with van der Waals surface area (Å²) in [6.45, 7) is 4.56. The summed E-state index contributed by atoms with van der Waals surface area (Å²) < 4.78 is 0. The molecular weight excluding hydrogens is 284 g/mol. The lowest BCUT2D eigenvalue weighted by Gasteiger charge is -2.10. The molecule has 1 unspecified atom stereocenters. The standard InChI is InChI=1S/C16H20N2O2S/c1-3-13(16(19)20)17-9-8-15-18-14(10-21-15)12-6-4-11(2)5-7-12/h4-7,10,13,17H,3,8-9H2,1-2H3,(H,19,20). The van der Waals surface area contributed by atoms with Crippen LogP contribution in [0.3, 0.4) is 0 Å². The Morgan fingerprint density at radius 1 is 1.38 bits per heavy atom. The van der Waals surface area contributed by atoms with Crippen LogP contribution < -0.4 is 5.32 Å². The Hall–Kier alpha value is -1.72. The first-order valence-corrected chi connectivity index (χ1v) is 7.95. The van der Waals surface area contributed by atoms with Crippen molar-refractivity contribution < 1.29 is 9.90 Å². The minimum absolute atomic E-state index is 0.471. The van der Waals surface area contributed by atoms with Crippen molar-refractivity contribution in [3.05, 3.63) is 40.2 Å². The summed E-state index contributed by atoms with van der Waals surface area (Å²) in [6, 6.07) is 7.83. The van der Waals surface area contributed by atoms with E-state index in [4.69, 9.17) is 5.11 Å². The largest absolute Gasteiger partial charge is 0.480 e. The number of thiazole rings is 1. The maximum atomic E-state index is 10.9. The van der Waals surface area contributed by atoms with Gasteiger partial charge in [-0.1, -0.05) is 36.8 Å². The number of aryl methyl sites for hydroxylation is 1. The molecule has 2 rings (SSSR count). The van der Waals surface area contributed by atoms with Gasteiger partial charge in [0, 0.05) is 23.9 Å². The number of nitrogens with zero attached hydrogens (tertiary/aromatic N) is 1. The van der Waals surface area contributed by atoms with Crippen molar-refractivity contribution in [1.29, 1.82) is 0 Å². The highest BCUT2D eigenvalue weighted by Crippen LogP contribution is 2.22. The van der Waals surface area contributed by atoms with Crippen LogP contribution in [0.25, 0.3) is 11.3 Å². The third-order valence-corrected chi connectivity index (χ3v) is 4.24. The Morgan fingerprint density at radius 3 is 2.71 bits per heavy atom. The number of nitrogens with one attached hydrogen (secondary N) is 1. The second-order valence-corrected chi connectivity index (χ2v) is 5.94. The van der Waals surface area contributed by atoms with E-state index in [1.165, 1.54) is 5.56 Å². The summed E-state index contributed by atoms with van der Waals surface area (Å²) in [5.41, 5.74) is 3.34. The molecule has 4 nitrogen and oxygen atoms in total. The quantitative estimate of drug-likeness (QED) is 0.825. The first-order chi connectivity index (χ1) is 10.1. The van der Waals surface area contributed by atoms with Gasteiger partial charge in [0.2, 0.25) is 0 Å². The van der Waals surface area contributed by atoms with Crippen molar-refractivity contribution in [2.24, 2.45) is 0 Å². The van der Waals surface area contributed by atoms with E-state index in [1.54, 1.807) is 11.3 Å². The zero-order valence-electron chi connectivity index (χ0n) is 12.3. The minimum atomic E-state index is -0.794. The number of carboxylic acids is 1. The minimum Gasteiger partial charge on any atom is -0.480 e. The van der Waals surface area contributed by atoms with Crippen LogP contribution in [-0.2, 0) is 11.2 Å². The molecule has 1 heterocycles. The number of aliphatic carboxylic acids is 1. The summed E-state index contributed by atoms with van der Waals surface area (Å²) in [7, 11) is 0. The van der Waals surface area contributed by atoms with Gasteiger partial charge in [-0.05, 0) is 13.3 Å². The van der Waals surface area contributed by atoms with E-state index >= 15 is 0 Å². The molecule has 1 atom stereocenters. The molecule has 0 radical (unpaired) electrons. The SMILES string of the molecule is CCC(NCCc1nc(-c2ccc(C)cc2)cs1)C(=O)O. The number of carbonyl (C=O) groups is 1. The van der Waals surface area contributed by atoms with Gasteiger partial charge in [-0.15, -0.1) is 11.3 Å². The molecule has 0 saturated carbocycles. The molecule has 0 spiro atoms. The van der Waals surface area contributed by atoms with E-state index in [-0.39, 0.29) is 0 Å².